The standard InChI is InChI=1S/C17H23.Li/c1-3-5-8-14(4-2)13-16-12-11-15-9-6-7-10-17(15)16;/h6-7,9-12,14H,3-5,8,13H2,1-2H3;. The van der Waals surface area contributed by atoms with Crippen molar-refractivity contribution >= 4 is 23.3 Å². The van der Waals surface area contributed by atoms with Crippen molar-refractivity contribution in [1.82, 2.24) is 0 Å². The molecule has 2 unspecified atom stereocenters. The number of hydrogen-bond acceptors (Lipinski definition) is 0. The molecule has 1 heteroatoms. The van der Waals surface area contributed by atoms with Crippen LogP contribution in [0.3, 0.4) is 0 Å². The molecular weight excluding hydrogens is 211 g/mol. The molecule has 0 nitrogen and oxygen atoms in total. The summed E-state index contributed by atoms with van der Waals surface area (Å²) in [5.41, 5.74) is 4.64. The summed E-state index contributed by atoms with van der Waals surface area (Å²) in [6.07, 6.45) is 9.16. The third-order valence-corrected chi connectivity index (χ3v) is 4.30. The molecule has 1 aromatic rings. The molecule has 92 valence electrons. The van der Waals surface area contributed by atoms with E-state index in [1.54, 1.807) is 5.57 Å². The van der Waals surface area contributed by atoms with Gasteiger partial charge in [0, 0.05) is 0 Å². The monoisotopic (exact) mass is 234 g/mol. The third kappa shape index (κ3) is 3.11. The predicted octanol–water partition coefficient (Wildman–Crippen LogP) is 4.90. The second kappa shape index (κ2) is 6.65. The molecule has 0 heterocycles. The molecule has 0 amide bonds. The number of benzene rings is 1. The Labute approximate surface area is 121 Å². The van der Waals surface area contributed by atoms with E-state index in [1.165, 1.54) is 43.2 Å². The van der Waals surface area contributed by atoms with E-state index in [2.05, 4.69) is 61.9 Å². The van der Waals surface area contributed by atoms with Gasteiger partial charge in [-0.2, -0.15) is 0 Å². The van der Waals surface area contributed by atoms with Crippen LogP contribution in [-0.2, 0) is 0 Å². The first kappa shape index (κ1) is 14.0. The fourth-order valence-corrected chi connectivity index (χ4v) is 3.10. The first-order valence-corrected chi connectivity index (χ1v) is 7.56. The van der Waals surface area contributed by atoms with Gasteiger partial charge in [-0.05, 0) is 0 Å². The van der Waals surface area contributed by atoms with Crippen LogP contribution in [0.25, 0.3) is 5.57 Å². The molecule has 0 saturated carbocycles. The summed E-state index contributed by atoms with van der Waals surface area (Å²) >= 11 is 2.32. The molecule has 0 aromatic heterocycles. The Morgan fingerprint density at radius 2 is 2.00 bits per heavy atom. The first-order chi connectivity index (χ1) is 8.76. The van der Waals surface area contributed by atoms with Crippen molar-refractivity contribution in [3.8, 4) is 0 Å². The molecule has 0 N–H and O–H groups in total. The number of rotatable bonds is 6. The van der Waals surface area contributed by atoms with E-state index in [0.717, 1.165) is 5.92 Å². The van der Waals surface area contributed by atoms with Crippen LogP contribution in [0.4, 0.5) is 0 Å². The second-order valence-electron chi connectivity index (χ2n) is 5.69. The van der Waals surface area contributed by atoms with Crippen LogP contribution in [0.5, 0.6) is 0 Å². The topological polar surface area (TPSA) is 0 Å². The summed E-state index contributed by atoms with van der Waals surface area (Å²) in [5, 5.41) is 0. The van der Waals surface area contributed by atoms with Gasteiger partial charge in [0.25, 0.3) is 0 Å². The van der Waals surface area contributed by atoms with Gasteiger partial charge in [-0.3, -0.25) is 0 Å². The number of allylic oxidation sites excluding steroid dienone is 2. The molecule has 0 bridgehead atoms. The average Bonchev–Trinajstić information content (AvgIpc) is 2.72. The van der Waals surface area contributed by atoms with Crippen LogP contribution < -0.4 is 0 Å². The van der Waals surface area contributed by atoms with Gasteiger partial charge in [0.05, 0.1) is 0 Å². The molecule has 0 aliphatic heterocycles. The Kier molecular flexibility index (Phi) is 5.16. The van der Waals surface area contributed by atoms with E-state index in [0.29, 0.717) is 4.59 Å². The quantitative estimate of drug-likeness (QED) is 0.614. The molecule has 1 aromatic carbocycles. The summed E-state index contributed by atoms with van der Waals surface area (Å²) in [4.78, 5) is 0. The maximum absolute atomic E-state index is 2.49. The molecule has 1 aliphatic rings. The molecule has 0 radical (unpaired) electrons. The van der Waals surface area contributed by atoms with Gasteiger partial charge < -0.3 is 0 Å². The molecule has 2 atom stereocenters. The fraction of sp³-hybridized carbons (Fsp3) is 0.529. The number of hydrogen-bond donors (Lipinski definition) is 0. The maximum atomic E-state index is 2.49. The van der Waals surface area contributed by atoms with Crippen molar-refractivity contribution < 1.29 is 0 Å². The molecule has 18 heavy (non-hydrogen) atoms. The first-order valence-electron chi connectivity index (χ1n) is 7.56. The van der Waals surface area contributed by atoms with Crippen molar-refractivity contribution in [2.45, 2.75) is 50.5 Å². The second-order valence-corrected chi connectivity index (χ2v) is 5.69. The molecule has 0 spiro atoms. The van der Waals surface area contributed by atoms with E-state index < -0.39 is 0 Å². The Balaban J connectivity index is 2.08. The summed E-state index contributed by atoms with van der Waals surface area (Å²) in [7, 11) is 0. The van der Waals surface area contributed by atoms with Gasteiger partial charge >= 0.3 is 121 Å². The molecule has 0 fully saturated rings. The van der Waals surface area contributed by atoms with Gasteiger partial charge in [0.1, 0.15) is 0 Å². The van der Waals surface area contributed by atoms with Gasteiger partial charge in [-0.25, -0.2) is 0 Å². The summed E-state index contributed by atoms with van der Waals surface area (Å²) < 4.78 is 0.611. The minimum atomic E-state index is 0.611. The van der Waals surface area contributed by atoms with Crippen LogP contribution in [0.15, 0.2) is 30.3 Å². The SMILES string of the molecule is [Li][CH]1C=C(CC(CC)CCCC)c2ccccc21. The van der Waals surface area contributed by atoms with Crippen LogP contribution in [-0.4, -0.2) is 17.7 Å². The zero-order valence-corrected chi connectivity index (χ0v) is 12.1. The Bertz CT molecular complexity index is 419. The van der Waals surface area contributed by atoms with Crippen LogP contribution in [0, 0.1) is 5.92 Å². The molecule has 0 saturated heterocycles. The van der Waals surface area contributed by atoms with Crippen molar-refractivity contribution in [1.29, 1.82) is 0 Å². The molecule has 1 aliphatic carbocycles. The average molecular weight is 234 g/mol. The normalized spacial score (nSPS) is 19.6. The van der Waals surface area contributed by atoms with Gasteiger partial charge in [0.2, 0.25) is 0 Å². The van der Waals surface area contributed by atoms with E-state index in [9.17, 15) is 0 Å². The summed E-state index contributed by atoms with van der Waals surface area (Å²) in [6, 6.07) is 8.94. The zero-order valence-electron chi connectivity index (χ0n) is 12.1. The van der Waals surface area contributed by atoms with E-state index >= 15 is 0 Å². The van der Waals surface area contributed by atoms with E-state index in [1.807, 2.05) is 0 Å². The van der Waals surface area contributed by atoms with Gasteiger partial charge in [-0.15, -0.1) is 0 Å². The van der Waals surface area contributed by atoms with Crippen molar-refractivity contribution in [2.24, 2.45) is 5.92 Å². The van der Waals surface area contributed by atoms with E-state index in [4.69, 9.17) is 0 Å². The van der Waals surface area contributed by atoms with Crippen LogP contribution in [0.2, 0.25) is 0 Å². The van der Waals surface area contributed by atoms with Gasteiger partial charge in [0.15, 0.2) is 0 Å². The number of unbranched alkanes of at least 4 members (excludes halogenated alkanes) is 1. The fourth-order valence-electron chi connectivity index (χ4n) is 3.10. The van der Waals surface area contributed by atoms with E-state index in [-0.39, 0.29) is 0 Å². The predicted molar refractivity (Wildman–Crippen MR) is 80.8 cm³/mol. The van der Waals surface area contributed by atoms with Crippen LogP contribution >= 0.6 is 0 Å². The minimum absolute atomic E-state index is 0.611. The summed E-state index contributed by atoms with van der Waals surface area (Å²) in [6.45, 7) is 4.63. The van der Waals surface area contributed by atoms with Gasteiger partial charge in [-0.1, -0.05) is 0 Å². The molecule has 2 rings (SSSR count). The van der Waals surface area contributed by atoms with Crippen molar-refractivity contribution in [3.63, 3.8) is 0 Å². The Morgan fingerprint density at radius 1 is 1.22 bits per heavy atom. The van der Waals surface area contributed by atoms with Crippen molar-refractivity contribution in [2.75, 3.05) is 0 Å². The third-order valence-electron chi connectivity index (χ3n) is 4.30. The summed E-state index contributed by atoms with van der Waals surface area (Å²) in [5.74, 6) is 0.870. The van der Waals surface area contributed by atoms with Crippen molar-refractivity contribution in [3.05, 3.63) is 41.5 Å². The Hall–Kier alpha value is -0.443. The van der Waals surface area contributed by atoms with Crippen LogP contribution in [0.1, 0.15) is 61.7 Å². The molecular formula is C17H23Li. The zero-order chi connectivity index (χ0) is 13.0. The Morgan fingerprint density at radius 3 is 2.72 bits per heavy atom. The number of fused-ring (bicyclic) bond motifs is 1.